The molecule has 1 aromatic carbocycles. The molecular formula is C13H19OPSSe. The fourth-order valence-corrected chi connectivity index (χ4v) is 8.53. The van der Waals surface area contributed by atoms with Crippen LogP contribution in [-0.2, 0) is 4.79 Å². The van der Waals surface area contributed by atoms with Crippen LogP contribution in [0.2, 0.25) is 0 Å². The second-order valence-electron chi connectivity index (χ2n) is 5.03. The van der Waals surface area contributed by atoms with Gasteiger partial charge < -0.3 is 0 Å². The number of rotatable bonds is 4. The second kappa shape index (κ2) is 5.89. The third-order valence-corrected chi connectivity index (χ3v) is 16.6. The predicted octanol–water partition coefficient (Wildman–Crippen LogP) is 3.45. The third kappa shape index (κ3) is 3.83. The van der Waals surface area contributed by atoms with Crippen LogP contribution in [-0.4, -0.2) is 31.8 Å². The number of carbonyl (C=O) groups excluding carboxylic acids is 1. The predicted molar refractivity (Wildman–Crippen MR) is 81.6 cm³/mol. The Hall–Kier alpha value is 0.189. The van der Waals surface area contributed by atoms with E-state index in [0.717, 1.165) is 0 Å². The molecular weight excluding hydrogens is 314 g/mol. The Labute approximate surface area is 116 Å². The molecule has 0 radical (unpaired) electrons. The number of ketones is 1. The molecule has 0 heterocycles. The zero-order chi connectivity index (χ0) is 13.1. The van der Waals surface area contributed by atoms with Crippen molar-refractivity contribution in [2.75, 3.05) is 5.75 Å². The Bertz CT molecular complexity index is 436. The van der Waals surface area contributed by atoms with E-state index in [-0.39, 0.29) is 10.9 Å². The molecule has 0 bridgehead atoms. The van der Waals surface area contributed by atoms with Crippen LogP contribution in [0, 0.1) is 0 Å². The van der Waals surface area contributed by atoms with Gasteiger partial charge >= 0.3 is 116 Å². The van der Waals surface area contributed by atoms with E-state index in [1.54, 1.807) is 18.3 Å². The fourth-order valence-electron chi connectivity index (χ4n) is 1.46. The van der Waals surface area contributed by atoms with Crippen LogP contribution in [0.3, 0.4) is 0 Å². The maximum atomic E-state index is 11.2. The van der Waals surface area contributed by atoms with Crippen molar-refractivity contribution in [1.82, 2.24) is 0 Å². The SMILES string of the molecule is CC(=O)CSP(=[Se])(c1ccccc1)C(C)(C)C. The Morgan fingerprint density at radius 3 is 2.24 bits per heavy atom. The number of hydrogen-bond donors (Lipinski definition) is 0. The van der Waals surface area contributed by atoms with Crippen molar-refractivity contribution in [3.8, 4) is 0 Å². The van der Waals surface area contributed by atoms with Crippen molar-refractivity contribution in [2.45, 2.75) is 32.9 Å². The quantitative estimate of drug-likeness (QED) is 0.620. The zero-order valence-corrected chi connectivity index (χ0v) is 14.2. The minimum atomic E-state index is -1.49. The molecule has 4 heteroatoms. The topological polar surface area (TPSA) is 17.1 Å². The first-order chi connectivity index (χ1) is 7.77. The molecule has 0 aliphatic heterocycles. The maximum absolute atomic E-state index is 11.2. The zero-order valence-electron chi connectivity index (χ0n) is 10.8. The molecule has 17 heavy (non-hydrogen) atoms. The van der Waals surface area contributed by atoms with E-state index in [1.807, 2.05) is 6.07 Å². The summed E-state index contributed by atoms with van der Waals surface area (Å²) in [5.41, 5.74) is 0. The summed E-state index contributed by atoms with van der Waals surface area (Å²) in [7, 11) is 0. The third-order valence-electron chi connectivity index (χ3n) is 2.43. The van der Waals surface area contributed by atoms with Gasteiger partial charge in [0.25, 0.3) is 0 Å². The molecule has 0 N–H and O–H groups in total. The standard InChI is InChI=1S/C13H19OPSSe/c1-11(14)10-16-15(17,13(2,3)4)12-8-6-5-7-9-12/h5-9H,10H2,1-4H3. The number of hydrogen-bond acceptors (Lipinski definition) is 2. The van der Waals surface area contributed by atoms with Gasteiger partial charge in [0.15, 0.2) is 0 Å². The molecule has 0 aromatic heterocycles. The van der Waals surface area contributed by atoms with E-state index < -0.39 is 4.71 Å². The number of benzene rings is 1. The van der Waals surface area contributed by atoms with Crippen LogP contribution in [0.4, 0.5) is 0 Å². The van der Waals surface area contributed by atoms with Crippen molar-refractivity contribution in [3.05, 3.63) is 30.3 Å². The van der Waals surface area contributed by atoms with Gasteiger partial charge in [0.1, 0.15) is 0 Å². The first-order valence-electron chi connectivity index (χ1n) is 5.57. The number of carbonyl (C=O) groups is 1. The molecule has 94 valence electrons. The van der Waals surface area contributed by atoms with Gasteiger partial charge in [0.05, 0.1) is 0 Å². The van der Waals surface area contributed by atoms with Gasteiger partial charge in [0, 0.05) is 0 Å². The van der Waals surface area contributed by atoms with Crippen molar-refractivity contribution >= 4 is 42.3 Å². The monoisotopic (exact) mass is 334 g/mol. The van der Waals surface area contributed by atoms with Crippen molar-refractivity contribution in [2.24, 2.45) is 0 Å². The van der Waals surface area contributed by atoms with Gasteiger partial charge in [-0.2, -0.15) is 0 Å². The Morgan fingerprint density at radius 2 is 1.82 bits per heavy atom. The average Bonchev–Trinajstić information content (AvgIpc) is 2.25. The molecule has 0 spiro atoms. The van der Waals surface area contributed by atoms with Crippen LogP contribution >= 0.6 is 16.1 Å². The van der Waals surface area contributed by atoms with E-state index in [0.29, 0.717) is 5.75 Å². The van der Waals surface area contributed by atoms with Crippen molar-refractivity contribution < 1.29 is 4.79 Å². The summed E-state index contributed by atoms with van der Waals surface area (Å²) in [5, 5.41) is 1.51. The van der Waals surface area contributed by atoms with Crippen molar-refractivity contribution in [1.29, 1.82) is 0 Å². The van der Waals surface area contributed by atoms with Gasteiger partial charge in [-0.3, -0.25) is 0 Å². The molecule has 0 saturated carbocycles. The Morgan fingerprint density at radius 1 is 1.29 bits per heavy atom. The molecule has 1 unspecified atom stereocenters. The molecule has 1 atom stereocenters. The summed E-state index contributed by atoms with van der Waals surface area (Å²) < 4.78 is -1.49. The van der Waals surface area contributed by atoms with E-state index in [2.05, 4.69) is 60.1 Å². The van der Waals surface area contributed by atoms with Gasteiger partial charge in [-0.15, -0.1) is 0 Å². The summed E-state index contributed by atoms with van der Waals surface area (Å²) >= 11 is 5.22. The molecule has 0 fully saturated rings. The molecule has 0 saturated heterocycles. The summed E-state index contributed by atoms with van der Waals surface area (Å²) in [6.07, 6.45) is 0. The number of Topliss-reactive ketones (excluding diaryl/α,β-unsaturated/α-hetero) is 1. The summed E-state index contributed by atoms with van der Waals surface area (Å²) in [6, 6.07) is 10.5. The van der Waals surface area contributed by atoms with Crippen LogP contribution < -0.4 is 5.30 Å². The van der Waals surface area contributed by atoms with Crippen LogP contribution in [0.25, 0.3) is 0 Å². The van der Waals surface area contributed by atoms with E-state index in [1.165, 1.54) is 5.30 Å². The van der Waals surface area contributed by atoms with E-state index in [4.69, 9.17) is 0 Å². The molecule has 0 amide bonds. The van der Waals surface area contributed by atoms with Gasteiger partial charge in [-0.25, -0.2) is 0 Å². The normalized spacial score (nSPS) is 15.3. The summed E-state index contributed by atoms with van der Waals surface area (Å²) in [5.74, 6) is 0.835. The Balaban J connectivity index is 3.12. The molecule has 1 nitrogen and oxygen atoms in total. The first-order valence-corrected chi connectivity index (χ1v) is 11.2. The van der Waals surface area contributed by atoms with Crippen LogP contribution in [0.15, 0.2) is 30.3 Å². The average molecular weight is 333 g/mol. The van der Waals surface area contributed by atoms with Gasteiger partial charge in [-0.05, 0) is 0 Å². The summed E-state index contributed by atoms with van der Waals surface area (Å²) in [6.45, 7) is 8.40. The second-order valence-corrected chi connectivity index (χ2v) is 16.0. The minimum absolute atomic E-state index is 0.161. The van der Waals surface area contributed by atoms with Crippen LogP contribution in [0.1, 0.15) is 27.7 Å². The fraction of sp³-hybridized carbons (Fsp3) is 0.462. The van der Waals surface area contributed by atoms with E-state index in [9.17, 15) is 4.79 Å². The van der Waals surface area contributed by atoms with Gasteiger partial charge in [-0.1, -0.05) is 0 Å². The summed E-state index contributed by atoms with van der Waals surface area (Å²) in [4.78, 5) is 11.2. The Kier molecular flexibility index (Phi) is 5.28. The molecule has 0 aliphatic carbocycles. The van der Waals surface area contributed by atoms with Gasteiger partial charge in [0.2, 0.25) is 0 Å². The molecule has 1 aromatic rings. The van der Waals surface area contributed by atoms with E-state index >= 15 is 0 Å². The molecule has 1 rings (SSSR count). The van der Waals surface area contributed by atoms with Crippen molar-refractivity contribution in [3.63, 3.8) is 0 Å². The molecule has 0 aliphatic rings. The first kappa shape index (κ1) is 15.2. The van der Waals surface area contributed by atoms with Crippen LogP contribution in [0.5, 0.6) is 0 Å².